The first-order valence-corrected chi connectivity index (χ1v) is 10.5. The van der Waals surface area contributed by atoms with E-state index in [9.17, 15) is 9.59 Å². The first kappa shape index (κ1) is 21.2. The number of hydrogen-bond donors (Lipinski definition) is 1. The summed E-state index contributed by atoms with van der Waals surface area (Å²) in [6.45, 7) is 5.53. The fourth-order valence-electron chi connectivity index (χ4n) is 3.70. The second kappa shape index (κ2) is 9.01. The number of carbonyl (C=O) groups excluding carboxylic acids is 1. The maximum atomic E-state index is 13.3. The smallest absolute Gasteiger partial charge is 0.264 e. The van der Waals surface area contributed by atoms with Crippen LogP contribution in [0.15, 0.2) is 70.0 Å². The van der Waals surface area contributed by atoms with Crippen LogP contribution in [0.1, 0.15) is 23.7 Å². The number of hydrogen-bond acceptors (Lipinski definition) is 5. The predicted molar refractivity (Wildman–Crippen MR) is 123 cm³/mol. The third kappa shape index (κ3) is 4.23. The maximum absolute atomic E-state index is 13.3. The minimum absolute atomic E-state index is 0.115. The molecule has 0 atom stereocenters. The van der Waals surface area contributed by atoms with Gasteiger partial charge in [-0.1, -0.05) is 60.6 Å². The molecule has 1 amide bonds. The highest BCUT2D eigenvalue weighted by atomic mass is 16.5. The van der Waals surface area contributed by atoms with Crippen LogP contribution in [0.5, 0.6) is 0 Å². The molecule has 0 radical (unpaired) electrons. The number of aromatic nitrogens is 3. The van der Waals surface area contributed by atoms with Gasteiger partial charge in [-0.3, -0.25) is 9.59 Å². The third-order valence-corrected chi connectivity index (χ3v) is 5.35. The van der Waals surface area contributed by atoms with E-state index in [1.165, 1.54) is 4.57 Å². The number of anilines is 1. The lowest BCUT2D eigenvalue weighted by atomic mass is 10.1. The molecule has 2 aromatic heterocycles. The number of nitrogens with zero attached hydrogens (tertiary/aromatic N) is 3. The van der Waals surface area contributed by atoms with Crippen LogP contribution in [-0.4, -0.2) is 20.6 Å². The van der Waals surface area contributed by atoms with E-state index in [4.69, 9.17) is 4.52 Å². The monoisotopic (exact) mass is 428 g/mol. The summed E-state index contributed by atoms with van der Waals surface area (Å²) in [5.74, 6) is 0.263. The highest BCUT2D eigenvalue weighted by molar-refractivity contribution is 5.91. The van der Waals surface area contributed by atoms with Crippen LogP contribution in [0.2, 0.25) is 0 Å². The molecule has 1 N–H and O–H groups in total. The van der Waals surface area contributed by atoms with Crippen molar-refractivity contribution < 1.29 is 9.32 Å². The molecule has 0 bridgehead atoms. The first-order chi connectivity index (χ1) is 15.5. The van der Waals surface area contributed by atoms with E-state index in [2.05, 4.69) is 15.5 Å². The van der Waals surface area contributed by atoms with Gasteiger partial charge >= 0.3 is 0 Å². The Morgan fingerprint density at radius 3 is 2.53 bits per heavy atom. The van der Waals surface area contributed by atoms with Crippen LogP contribution in [0.4, 0.5) is 5.69 Å². The second-order valence-electron chi connectivity index (χ2n) is 7.58. The van der Waals surface area contributed by atoms with Crippen molar-refractivity contribution in [3.05, 3.63) is 87.8 Å². The molecule has 162 valence electrons. The quantitative estimate of drug-likeness (QED) is 0.492. The Hall–Kier alpha value is -4.00. The molecule has 7 nitrogen and oxygen atoms in total. The molecule has 7 heteroatoms. The van der Waals surface area contributed by atoms with E-state index in [1.54, 1.807) is 6.92 Å². The fourth-order valence-corrected chi connectivity index (χ4v) is 3.70. The van der Waals surface area contributed by atoms with Gasteiger partial charge in [0.1, 0.15) is 12.1 Å². The molecule has 2 aromatic carbocycles. The minimum Gasteiger partial charge on any atom is -0.333 e. The summed E-state index contributed by atoms with van der Waals surface area (Å²) < 4.78 is 6.85. The van der Waals surface area contributed by atoms with E-state index in [0.29, 0.717) is 22.6 Å². The zero-order valence-corrected chi connectivity index (χ0v) is 18.3. The molecule has 2 heterocycles. The molecule has 0 fully saturated rings. The number of rotatable bonds is 6. The number of nitrogens with one attached hydrogen (secondary N) is 1. The number of carbonyl (C=O) groups is 1. The molecular weight excluding hydrogens is 404 g/mol. The van der Waals surface area contributed by atoms with Gasteiger partial charge in [-0.05, 0) is 43.5 Å². The molecule has 0 aliphatic carbocycles. The Kier molecular flexibility index (Phi) is 5.98. The Bertz CT molecular complexity index is 1320. The van der Waals surface area contributed by atoms with Crippen molar-refractivity contribution in [1.82, 2.24) is 14.7 Å². The van der Waals surface area contributed by atoms with Crippen LogP contribution in [0.25, 0.3) is 22.8 Å². The van der Waals surface area contributed by atoms with Crippen molar-refractivity contribution in [2.75, 3.05) is 5.32 Å². The second-order valence-corrected chi connectivity index (χ2v) is 7.58. The summed E-state index contributed by atoms with van der Waals surface area (Å²) in [5, 5.41) is 6.93. The molecule has 0 unspecified atom stereocenters. The lowest BCUT2D eigenvalue weighted by Gasteiger charge is -2.14. The average Bonchev–Trinajstić information content (AvgIpc) is 3.27. The molecule has 4 aromatic rings. The Balaban J connectivity index is 1.65. The van der Waals surface area contributed by atoms with Gasteiger partial charge in [0, 0.05) is 16.9 Å². The van der Waals surface area contributed by atoms with Gasteiger partial charge in [-0.2, -0.15) is 4.98 Å². The summed E-state index contributed by atoms with van der Waals surface area (Å²) in [7, 11) is 0. The SMILES string of the molecule is CCc1ccccc1NC(=O)Cn1c(C)cc(C)c(-c2nc(-c3ccccc3)no2)c1=O. The summed E-state index contributed by atoms with van der Waals surface area (Å²) in [6.07, 6.45) is 0.797. The lowest BCUT2D eigenvalue weighted by Crippen LogP contribution is -2.31. The third-order valence-electron chi connectivity index (χ3n) is 5.35. The summed E-state index contributed by atoms with van der Waals surface area (Å²) >= 11 is 0. The molecule has 32 heavy (non-hydrogen) atoms. The van der Waals surface area contributed by atoms with Gasteiger partial charge in [-0.15, -0.1) is 0 Å². The molecule has 0 aliphatic rings. The first-order valence-electron chi connectivity index (χ1n) is 10.5. The highest BCUT2D eigenvalue weighted by Crippen LogP contribution is 2.23. The van der Waals surface area contributed by atoms with Crippen LogP contribution in [-0.2, 0) is 17.8 Å². The van der Waals surface area contributed by atoms with Crippen LogP contribution in [0, 0.1) is 13.8 Å². The van der Waals surface area contributed by atoms with Gasteiger partial charge in [0.25, 0.3) is 11.4 Å². The highest BCUT2D eigenvalue weighted by Gasteiger charge is 2.20. The maximum Gasteiger partial charge on any atom is 0.264 e. The van der Waals surface area contributed by atoms with Gasteiger partial charge in [0.15, 0.2) is 0 Å². The van der Waals surface area contributed by atoms with Crippen molar-refractivity contribution in [2.45, 2.75) is 33.7 Å². The number of aryl methyl sites for hydroxylation is 3. The molecular formula is C25H24N4O3. The molecule has 0 saturated carbocycles. The van der Waals surface area contributed by atoms with Crippen LogP contribution >= 0.6 is 0 Å². The zero-order valence-electron chi connectivity index (χ0n) is 18.3. The standard InChI is InChI=1S/C25H24N4O3/c1-4-18-10-8-9-13-20(18)26-21(30)15-29-17(3)14-16(2)22(25(29)31)24-27-23(28-32-24)19-11-6-5-7-12-19/h5-14H,4,15H2,1-3H3,(H,26,30). The Morgan fingerprint density at radius 2 is 1.78 bits per heavy atom. The van der Waals surface area contributed by atoms with E-state index < -0.39 is 0 Å². The van der Waals surface area contributed by atoms with Gasteiger partial charge in [-0.25, -0.2) is 0 Å². The molecule has 0 saturated heterocycles. The van der Waals surface area contributed by atoms with Crippen molar-refractivity contribution in [3.63, 3.8) is 0 Å². The number of amides is 1. The van der Waals surface area contributed by atoms with E-state index in [1.807, 2.05) is 74.5 Å². The predicted octanol–water partition coefficient (Wildman–Crippen LogP) is 4.38. The largest absolute Gasteiger partial charge is 0.333 e. The van der Waals surface area contributed by atoms with Crippen LogP contribution in [0.3, 0.4) is 0 Å². The summed E-state index contributed by atoms with van der Waals surface area (Å²) in [6, 6.07) is 18.9. The molecule has 0 spiro atoms. The van der Waals surface area contributed by atoms with Crippen LogP contribution < -0.4 is 10.9 Å². The van der Waals surface area contributed by atoms with Crippen molar-refractivity contribution in [2.24, 2.45) is 0 Å². The lowest BCUT2D eigenvalue weighted by molar-refractivity contribution is -0.116. The molecule has 4 rings (SSSR count). The zero-order chi connectivity index (χ0) is 22.7. The van der Waals surface area contributed by atoms with Gasteiger partial charge in [0.05, 0.1) is 0 Å². The van der Waals surface area contributed by atoms with E-state index in [-0.39, 0.29) is 23.9 Å². The van der Waals surface area contributed by atoms with E-state index in [0.717, 1.165) is 23.2 Å². The Morgan fingerprint density at radius 1 is 1.06 bits per heavy atom. The van der Waals surface area contributed by atoms with E-state index >= 15 is 0 Å². The van der Waals surface area contributed by atoms with Gasteiger partial charge < -0.3 is 14.4 Å². The van der Waals surface area contributed by atoms with Gasteiger partial charge in [0.2, 0.25) is 11.7 Å². The minimum atomic E-state index is -0.343. The Labute approximate surface area is 185 Å². The normalized spacial score (nSPS) is 10.8. The van der Waals surface area contributed by atoms with Crippen molar-refractivity contribution in [3.8, 4) is 22.8 Å². The average molecular weight is 428 g/mol. The number of para-hydroxylation sites is 1. The fraction of sp³-hybridized carbons (Fsp3) is 0.200. The topological polar surface area (TPSA) is 90.0 Å². The van der Waals surface area contributed by atoms with Crippen molar-refractivity contribution in [1.29, 1.82) is 0 Å². The number of pyridine rings is 1. The van der Waals surface area contributed by atoms with Crippen molar-refractivity contribution >= 4 is 11.6 Å². The summed E-state index contributed by atoms with van der Waals surface area (Å²) in [5.41, 5.74) is 3.93. The number of benzene rings is 2. The summed E-state index contributed by atoms with van der Waals surface area (Å²) in [4.78, 5) is 30.5. The molecule has 0 aliphatic heterocycles.